The van der Waals surface area contributed by atoms with Crippen molar-refractivity contribution in [2.24, 2.45) is 11.8 Å². The Morgan fingerprint density at radius 1 is 1.16 bits per heavy atom. The van der Waals surface area contributed by atoms with Crippen molar-refractivity contribution in [2.75, 3.05) is 38.2 Å². The number of benzene rings is 1. The standard InChI is InChI=1S/C29H38ClN3O5/c1-5-16-31(4)25(35)22-23-26(36)33(18-10-7-11-19-34)24(29(23)15-14-28(22,3)38-29)27(37)32(17-6-2)21-13-9-8-12-20(21)30/h5-6,8-9,12-13,22-24,34H,1-2,7,10-11,14-19H2,3-4H3/t22-,23+,24?,28+,29?/m1/s1. The first-order valence-electron chi connectivity index (χ1n) is 13.3. The number of unbranched alkanes of at least 4 members (excludes halogenated alkanes) is 2. The Morgan fingerprint density at radius 2 is 1.87 bits per heavy atom. The van der Waals surface area contributed by atoms with E-state index in [1.165, 1.54) is 0 Å². The molecule has 1 aromatic rings. The topological polar surface area (TPSA) is 90.4 Å². The molecule has 2 bridgehead atoms. The summed E-state index contributed by atoms with van der Waals surface area (Å²) in [7, 11) is 1.70. The summed E-state index contributed by atoms with van der Waals surface area (Å²) in [5.41, 5.74) is -1.43. The van der Waals surface area contributed by atoms with E-state index in [0.29, 0.717) is 55.9 Å². The molecule has 8 nitrogen and oxygen atoms in total. The van der Waals surface area contributed by atoms with Crippen LogP contribution in [0.2, 0.25) is 5.02 Å². The van der Waals surface area contributed by atoms with Gasteiger partial charge in [0, 0.05) is 33.3 Å². The number of ether oxygens (including phenoxy) is 1. The van der Waals surface area contributed by atoms with Crippen LogP contribution in [0, 0.1) is 11.8 Å². The maximum absolute atomic E-state index is 14.5. The lowest BCUT2D eigenvalue weighted by Gasteiger charge is -2.37. The zero-order valence-electron chi connectivity index (χ0n) is 22.3. The summed E-state index contributed by atoms with van der Waals surface area (Å²) in [6.45, 7) is 10.4. The number of amides is 3. The number of rotatable bonds is 12. The Balaban J connectivity index is 1.78. The van der Waals surface area contributed by atoms with Gasteiger partial charge in [-0.05, 0) is 51.2 Å². The van der Waals surface area contributed by atoms with Gasteiger partial charge in [0.25, 0.3) is 5.91 Å². The molecule has 5 atom stereocenters. The lowest BCUT2D eigenvalue weighted by atomic mass is 9.66. The number of para-hydroxylation sites is 1. The van der Waals surface area contributed by atoms with Crippen molar-refractivity contribution >= 4 is 35.0 Å². The molecule has 3 aliphatic heterocycles. The van der Waals surface area contributed by atoms with Gasteiger partial charge in [0.2, 0.25) is 11.8 Å². The summed E-state index contributed by atoms with van der Waals surface area (Å²) in [4.78, 5) is 47.1. The summed E-state index contributed by atoms with van der Waals surface area (Å²) in [5.74, 6) is -2.15. The fourth-order valence-electron chi connectivity index (χ4n) is 6.67. The lowest BCUT2D eigenvalue weighted by molar-refractivity contribution is -0.149. The van der Waals surface area contributed by atoms with E-state index in [2.05, 4.69) is 13.2 Å². The molecular weight excluding hydrogens is 506 g/mol. The van der Waals surface area contributed by atoms with Gasteiger partial charge in [-0.3, -0.25) is 14.4 Å². The summed E-state index contributed by atoms with van der Waals surface area (Å²) in [6, 6.07) is 6.18. The predicted molar refractivity (Wildman–Crippen MR) is 147 cm³/mol. The highest BCUT2D eigenvalue weighted by molar-refractivity contribution is 6.34. The Kier molecular flexibility index (Phi) is 8.35. The molecule has 1 spiro atoms. The predicted octanol–water partition coefficient (Wildman–Crippen LogP) is 3.43. The Labute approximate surface area is 229 Å². The number of anilines is 1. The van der Waals surface area contributed by atoms with Crippen LogP contribution in [-0.4, -0.2) is 83.2 Å². The molecule has 0 radical (unpaired) electrons. The molecule has 0 aliphatic carbocycles. The third-order valence-corrected chi connectivity index (χ3v) is 8.65. The lowest BCUT2D eigenvalue weighted by Crippen LogP contribution is -2.56. The van der Waals surface area contributed by atoms with E-state index in [1.54, 1.807) is 58.2 Å². The van der Waals surface area contributed by atoms with Crippen molar-refractivity contribution in [1.29, 1.82) is 0 Å². The molecule has 3 fully saturated rings. The number of carbonyl (C=O) groups is 3. The molecule has 9 heteroatoms. The van der Waals surface area contributed by atoms with Crippen LogP contribution in [0.4, 0.5) is 5.69 Å². The molecule has 1 aromatic carbocycles. The van der Waals surface area contributed by atoms with Crippen LogP contribution in [0.25, 0.3) is 0 Å². The number of carbonyl (C=O) groups excluding carboxylic acids is 3. The van der Waals surface area contributed by atoms with Crippen molar-refractivity contribution in [3.63, 3.8) is 0 Å². The number of likely N-dealkylation sites (N-methyl/N-ethyl adjacent to an activating group) is 1. The number of hydrogen-bond donors (Lipinski definition) is 1. The van der Waals surface area contributed by atoms with Gasteiger partial charge in [0.15, 0.2) is 0 Å². The maximum atomic E-state index is 14.5. The van der Waals surface area contributed by atoms with E-state index in [-0.39, 0.29) is 30.9 Å². The van der Waals surface area contributed by atoms with E-state index >= 15 is 0 Å². The van der Waals surface area contributed by atoms with Gasteiger partial charge >= 0.3 is 0 Å². The molecular formula is C29H38ClN3O5. The maximum Gasteiger partial charge on any atom is 0.253 e. The van der Waals surface area contributed by atoms with E-state index in [1.807, 2.05) is 6.92 Å². The van der Waals surface area contributed by atoms with Crippen LogP contribution in [0.15, 0.2) is 49.6 Å². The monoisotopic (exact) mass is 543 g/mol. The number of likely N-dealkylation sites (tertiary alicyclic amines) is 1. The first-order chi connectivity index (χ1) is 18.2. The van der Waals surface area contributed by atoms with Crippen molar-refractivity contribution in [3.05, 3.63) is 54.6 Å². The van der Waals surface area contributed by atoms with Gasteiger partial charge in [-0.1, -0.05) is 35.9 Å². The van der Waals surface area contributed by atoms with Crippen molar-refractivity contribution < 1.29 is 24.2 Å². The second-order valence-electron chi connectivity index (χ2n) is 10.7. The number of aliphatic hydroxyl groups is 1. The van der Waals surface area contributed by atoms with E-state index < -0.39 is 29.1 Å². The third-order valence-electron chi connectivity index (χ3n) is 8.33. The molecule has 1 N–H and O–H groups in total. The molecule has 38 heavy (non-hydrogen) atoms. The van der Waals surface area contributed by atoms with Gasteiger partial charge in [0.1, 0.15) is 11.6 Å². The molecule has 2 unspecified atom stereocenters. The minimum Gasteiger partial charge on any atom is -0.396 e. The molecule has 3 heterocycles. The molecule has 0 aromatic heterocycles. The molecule has 4 rings (SSSR count). The van der Waals surface area contributed by atoms with E-state index in [0.717, 1.165) is 0 Å². The normalized spacial score (nSPS) is 29.3. The quantitative estimate of drug-likeness (QED) is 0.322. The Hall–Kier alpha value is -2.68. The van der Waals surface area contributed by atoms with Gasteiger partial charge in [0.05, 0.1) is 28.1 Å². The van der Waals surface area contributed by atoms with Crippen LogP contribution in [0.1, 0.15) is 39.0 Å². The highest BCUT2D eigenvalue weighted by atomic mass is 35.5. The highest BCUT2D eigenvalue weighted by Gasteiger charge is 2.78. The second kappa shape index (κ2) is 11.2. The fourth-order valence-corrected chi connectivity index (χ4v) is 6.91. The minimum absolute atomic E-state index is 0.0656. The number of halogens is 1. The van der Waals surface area contributed by atoms with E-state index in [4.69, 9.17) is 16.3 Å². The zero-order chi connectivity index (χ0) is 27.7. The van der Waals surface area contributed by atoms with Crippen LogP contribution in [0.3, 0.4) is 0 Å². The van der Waals surface area contributed by atoms with Gasteiger partial charge in [-0.2, -0.15) is 0 Å². The fraction of sp³-hybridized carbons (Fsp3) is 0.552. The second-order valence-corrected chi connectivity index (χ2v) is 11.1. The number of hydrogen-bond acceptors (Lipinski definition) is 5. The average molecular weight is 544 g/mol. The zero-order valence-corrected chi connectivity index (χ0v) is 23.0. The van der Waals surface area contributed by atoms with Gasteiger partial charge < -0.3 is 24.5 Å². The summed E-state index contributed by atoms with van der Waals surface area (Å²) in [6.07, 6.45) is 6.30. The summed E-state index contributed by atoms with van der Waals surface area (Å²) < 4.78 is 6.71. The summed E-state index contributed by atoms with van der Waals surface area (Å²) >= 11 is 6.51. The number of nitrogens with zero attached hydrogens (tertiary/aromatic N) is 3. The summed E-state index contributed by atoms with van der Waals surface area (Å²) in [5, 5.41) is 9.65. The highest BCUT2D eigenvalue weighted by Crippen LogP contribution is 2.63. The third kappa shape index (κ3) is 4.56. The van der Waals surface area contributed by atoms with E-state index in [9.17, 15) is 19.5 Å². The SMILES string of the molecule is C=CCN(C)C(=O)[C@H]1[C@H]2C(=O)N(CCCCCO)C(C(=O)N(CC=C)c3ccccc3Cl)C23CC[C@]1(C)O3. The smallest absolute Gasteiger partial charge is 0.253 e. The van der Waals surface area contributed by atoms with Crippen LogP contribution < -0.4 is 4.90 Å². The number of aliphatic hydroxyl groups excluding tert-OH is 1. The largest absolute Gasteiger partial charge is 0.396 e. The van der Waals surface area contributed by atoms with Crippen LogP contribution in [0.5, 0.6) is 0 Å². The van der Waals surface area contributed by atoms with Gasteiger partial charge in [-0.15, -0.1) is 13.2 Å². The number of fused-ring (bicyclic) bond motifs is 1. The van der Waals surface area contributed by atoms with Crippen molar-refractivity contribution in [1.82, 2.24) is 9.80 Å². The molecule has 3 aliphatic rings. The van der Waals surface area contributed by atoms with Crippen molar-refractivity contribution in [3.8, 4) is 0 Å². The molecule has 0 saturated carbocycles. The first kappa shape index (κ1) is 28.3. The van der Waals surface area contributed by atoms with Crippen LogP contribution in [-0.2, 0) is 19.1 Å². The molecule has 206 valence electrons. The van der Waals surface area contributed by atoms with Gasteiger partial charge in [-0.25, -0.2) is 0 Å². The molecule has 3 amide bonds. The average Bonchev–Trinajstić information content (AvgIpc) is 3.46. The molecule has 3 saturated heterocycles. The van der Waals surface area contributed by atoms with Crippen LogP contribution >= 0.6 is 11.6 Å². The Bertz CT molecular complexity index is 1110. The van der Waals surface area contributed by atoms with Crippen molar-refractivity contribution in [2.45, 2.75) is 56.3 Å². The minimum atomic E-state index is -1.12. The first-order valence-corrected chi connectivity index (χ1v) is 13.7. The Morgan fingerprint density at radius 3 is 2.53 bits per heavy atom.